The molecule has 0 radical (unpaired) electrons. The average molecular weight is 446 g/mol. The van der Waals surface area contributed by atoms with Crippen LogP contribution in [0.15, 0.2) is 30.5 Å². The van der Waals surface area contributed by atoms with Crippen molar-refractivity contribution in [2.45, 2.75) is 31.1 Å². The molecule has 2 fully saturated rings. The highest BCUT2D eigenvalue weighted by atomic mass is 32.2. The first-order chi connectivity index (χ1) is 14.8. The van der Waals surface area contributed by atoms with Gasteiger partial charge in [0.25, 0.3) is 0 Å². The monoisotopic (exact) mass is 445 g/mol. The van der Waals surface area contributed by atoms with Crippen molar-refractivity contribution < 1.29 is 17.6 Å². The van der Waals surface area contributed by atoms with Gasteiger partial charge in [-0.1, -0.05) is 12.1 Å². The fraction of sp³-hybridized carbons (Fsp3) is 0.476. The van der Waals surface area contributed by atoms with Crippen molar-refractivity contribution in [1.82, 2.24) is 9.97 Å². The molecule has 1 aromatic heterocycles. The largest absolute Gasteiger partial charge is 0.369 e. The van der Waals surface area contributed by atoms with Gasteiger partial charge in [-0.15, -0.1) is 0 Å². The topological polar surface area (TPSA) is 127 Å². The number of fused-ring (bicyclic) bond motifs is 5. The highest BCUT2D eigenvalue weighted by molar-refractivity contribution is 7.90. The van der Waals surface area contributed by atoms with E-state index in [1.54, 1.807) is 24.3 Å². The number of nitrogens with zero attached hydrogens (tertiary/aromatic N) is 2. The van der Waals surface area contributed by atoms with Crippen LogP contribution in [0.4, 0.5) is 21.8 Å². The van der Waals surface area contributed by atoms with Crippen molar-refractivity contribution in [3.63, 3.8) is 0 Å². The van der Waals surface area contributed by atoms with Crippen LogP contribution in [0.3, 0.4) is 0 Å². The molecule has 3 aliphatic rings. The van der Waals surface area contributed by atoms with Gasteiger partial charge >= 0.3 is 0 Å². The minimum Gasteiger partial charge on any atom is -0.369 e. The smallest absolute Gasteiger partial charge is 0.229 e. The third-order valence-corrected chi connectivity index (χ3v) is 8.52. The SMILES string of the molecule is NC(=O)[C@H]1[C@@H]2C[C@H]3CCS(=O)(=O)Cc4cccc(c4)Nc4ncc(F)c(n4)N[C@@H]1[C@@H]3C2. The first-order valence-corrected chi connectivity index (χ1v) is 12.3. The van der Waals surface area contributed by atoms with Crippen molar-refractivity contribution in [2.75, 3.05) is 16.4 Å². The minimum absolute atomic E-state index is 0.0127. The fourth-order valence-electron chi connectivity index (χ4n) is 5.64. The zero-order valence-corrected chi connectivity index (χ0v) is 17.6. The van der Waals surface area contributed by atoms with Gasteiger partial charge < -0.3 is 16.4 Å². The second-order valence-corrected chi connectivity index (χ2v) is 11.0. The number of primary amides is 1. The standard InChI is InChI=1S/C21H24FN5O3S/c22-16-9-24-21-25-14-3-1-2-11(6-14)10-31(29,30)5-4-12-7-13-8-15(12)18(17(13)19(23)28)26-20(16)27-21/h1-3,6,9,12-13,15,17-18H,4-5,7-8,10H2,(H2,23,28)(H2,24,25,26,27)/t12-,13-,15-,17+,18-/m1/s1. The predicted octanol–water partition coefficient (Wildman–Crippen LogP) is 2.22. The Kier molecular flexibility index (Phi) is 4.84. The molecule has 0 saturated heterocycles. The van der Waals surface area contributed by atoms with E-state index >= 15 is 0 Å². The van der Waals surface area contributed by atoms with Gasteiger partial charge in [0.2, 0.25) is 11.9 Å². The highest BCUT2D eigenvalue weighted by Gasteiger charge is 2.54. The van der Waals surface area contributed by atoms with Crippen LogP contribution in [0.25, 0.3) is 0 Å². The zero-order valence-electron chi connectivity index (χ0n) is 16.8. The molecule has 164 valence electrons. The quantitative estimate of drug-likeness (QED) is 0.614. The molecular formula is C21H24FN5O3S. The third kappa shape index (κ3) is 3.84. The summed E-state index contributed by atoms with van der Waals surface area (Å²) >= 11 is 0. The maximum Gasteiger partial charge on any atom is 0.229 e. The highest BCUT2D eigenvalue weighted by Crippen LogP contribution is 2.53. The lowest BCUT2D eigenvalue weighted by atomic mass is 9.77. The molecule has 2 heterocycles. The van der Waals surface area contributed by atoms with Crippen LogP contribution < -0.4 is 16.4 Å². The second kappa shape index (κ2) is 7.44. The summed E-state index contributed by atoms with van der Waals surface area (Å²) in [7, 11) is -3.30. The third-order valence-electron chi connectivity index (χ3n) is 6.89. The molecule has 10 heteroatoms. The molecular weight excluding hydrogens is 421 g/mol. The van der Waals surface area contributed by atoms with E-state index in [9.17, 15) is 17.6 Å². The number of hydrogen-bond donors (Lipinski definition) is 3. The number of carbonyl (C=O) groups is 1. The summed E-state index contributed by atoms with van der Waals surface area (Å²) in [6.45, 7) is 0. The van der Waals surface area contributed by atoms with E-state index in [0.717, 1.165) is 19.0 Å². The lowest BCUT2D eigenvalue weighted by Gasteiger charge is -2.35. The fourth-order valence-corrected chi connectivity index (χ4v) is 7.14. The van der Waals surface area contributed by atoms with Crippen LogP contribution in [0.1, 0.15) is 24.8 Å². The number of anilines is 3. The summed E-state index contributed by atoms with van der Waals surface area (Å²) in [6.07, 6.45) is 3.13. The van der Waals surface area contributed by atoms with Crippen molar-refractivity contribution in [3.05, 3.63) is 41.8 Å². The molecule has 31 heavy (non-hydrogen) atoms. The summed E-state index contributed by atoms with van der Waals surface area (Å²) in [6, 6.07) is 6.64. The number of carbonyl (C=O) groups excluding carboxylic acids is 1. The first-order valence-electron chi connectivity index (χ1n) is 10.4. The lowest BCUT2D eigenvalue weighted by Crippen LogP contribution is -2.45. The maximum absolute atomic E-state index is 14.5. The van der Waals surface area contributed by atoms with Gasteiger partial charge in [-0.05, 0) is 54.7 Å². The Bertz CT molecular complexity index is 1140. The van der Waals surface area contributed by atoms with Gasteiger partial charge in [0.05, 0.1) is 23.6 Å². The van der Waals surface area contributed by atoms with E-state index in [1.165, 1.54) is 0 Å². The molecule has 6 bridgehead atoms. The van der Waals surface area contributed by atoms with Gasteiger partial charge in [-0.3, -0.25) is 4.79 Å². The summed E-state index contributed by atoms with van der Waals surface area (Å²) in [4.78, 5) is 20.5. The van der Waals surface area contributed by atoms with E-state index in [1.807, 2.05) is 0 Å². The van der Waals surface area contributed by atoms with Crippen LogP contribution in [-0.4, -0.2) is 36.1 Å². The summed E-state index contributed by atoms with van der Waals surface area (Å²) in [5.74, 6) is -1.02. The maximum atomic E-state index is 14.5. The molecule has 2 aromatic rings. The van der Waals surface area contributed by atoms with Gasteiger partial charge in [0.1, 0.15) is 0 Å². The predicted molar refractivity (Wildman–Crippen MR) is 114 cm³/mol. The van der Waals surface area contributed by atoms with E-state index in [2.05, 4.69) is 20.6 Å². The molecule has 8 nitrogen and oxygen atoms in total. The lowest BCUT2D eigenvalue weighted by molar-refractivity contribution is -0.123. The number of nitrogens with two attached hydrogens (primary N) is 1. The Balaban J connectivity index is 1.56. The Morgan fingerprint density at radius 3 is 2.87 bits per heavy atom. The average Bonchev–Trinajstić information content (AvgIpc) is 3.26. The van der Waals surface area contributed by atoms with Crippen LogP contribution >= 0.6 is 0 Å². The van der Waals surface area contributed by atoms with Crippen LogP contribution in [0, 0.1) is 29.5 Å². The Hall–Kier alpha value is -2.75. The summed E-state index contributed by atoms with van der Waals surface area (Å²) in [5, 5.41) is 6.13. The molecule has 2 saturated carbocycles. The molecule has 1 aliphatic heterocycles. The van der Waals surface area contributed by atoms with Crippen molar-refractivity contribution in [1.29, 1.82) is 0 Å². The molecule has 4 N–H and O–H groups in total. The Morgan fingerprint density at radius 1 is 1.23 bits per heavy atom. The van der Waals surface area contributed by atoms with Crippen LogP contribution in [-0.2, 0) is 20.4 Å². The van der Waals surface area contributed by atoms with Gasteiger partial charge in [-0.2, -0.15) is 4.98 Å². The van der Waals surface area contributed by atoms with Crippen molar-refractivity contribution in [2.24, 2.45) is 29.4 Å². The van der Waals surface area contributed by atoms with Gasteiger partial charge in [0.15, 0.2) is 21.5 Å². The van der Waals surface area contributed by atoms with Crippen LogP contribution in [0.5, 0.6) is 0 Å². The first kappa shape index (κ1) is 20.2. The second-order valence-electron chi connectivity index (χ2n) is 8.85. The zero-order chi connectivity index (χ0) is 21.8. The Labute approximate surface area is 179 Å². The van der Waals surface area contributed by atoms with E-state index in [0.29, 0.717) is 17.7 Å². The number of halogens is 1. The number of sulfone groups is 1. The number of nitrogens with one attached hydrogen (secondary N) is 2. The summed E-state index contributed by atoms with van der Waals surface area (Å²) < 4.78 is 40.1. The van der Waals surface area contributed by atoms with E-state index in [-0.39, 0.29) is 47.1 Å². The number of benzene rings is 1. The number of aromatic nitrogens is 2. The minimum atomic E-state index is -3.30. The molecule has 5 atom stereocenters. The van der Waals surface area contributed by atoms with Gasteiger partial charge in [0, 0.05) is 11.7 Å². The summed E-state index contributed by atoms with van der Waals surface area (Å²) in [5.41, 5.74) is 6.96. The Morgan fingerprint density at radius 2 is 2.06 bits per heavy atom. The number of hydrogen-bond acceptors (Lipinski definition) is 7. The molecule has 2 aliphatic carbocycles. The molecule has 1 aromatic carbocycles. The van der Waals surface area contributed by atoms with Crippen molar-refractivity contribution in [3.8, 4) is 0 Å². The normalized spacial score (nSPS) is 31.1. The molecule has 1 amide bonds. The number of rotatable bonds is 1. The van der Waals surface area contributed by atoms with Gasteiger partial charge in [-0.25, -0.2) is 17.8 Å². The molecule has 0 unspecified atom stereocenters. The van der Waals surface area contributed by atoms with Crippen molar-refractivity contribution >= 4 is 33.2 Å². The molecule has 0 spiro atoms. The molecule has 5 rings (SSSR count). The van der Waals surface area contributed by atoms with Crippen LogP contribution in [0.2, 0.25) is 0 Å². The van der Waals surface area contributed by atoms with E-state index < -0.39 is 27.5 Å². The van der Waals surface area contributed by atoms with E-state index in [4.69, 9.17) is 5.73 Å². The number of amides is 1.